The number of ether oxygens (including phenoxy) is 1. The molecule has 3 amide bonds. The van der Waals surface area contributed by atoms with Crippen LogP contribution in [-0.2, 0) is 4.79 Å². The Morgan fingerprint density at radius 3 is 2.67 bits per heavy atom. The van der Waals surface area contributed by atoms with Crippen molar-refractivity contribution < 1.29 is 27.9 Å². The number of carbonyl (C=O) groups is 3. The first-order valence-corrected chi connectivity index (χ1v) is 9.84. The molecule has 11 heteroatoms. The monoisotopic (exact) mass is 451 g/mol. The largest absolute Gasteiger partial charge is 0.435 e. The van der Waals surface area contributed by atoms with Crippen LogP contribution in [0.4, 0.5) is 13.6 Å². The second-order valence-corrected chi connectivity index (χ2v) is 7.35. The molecule has 2 aromatic rings. The van der Waals surface area contributed by atoms with Crippen molar-refractivity contribution in [2.75, 3.05) is 13.1 Å². The molecule has 1 fully saturated rings. The van der Waals surface area contributed by atoms with Gasteiger partial charge in [-0.1, -0.05) is 24.4 Å². The highest BCUT2D eigenvalue weighted by molar-refractivity contribution is 8.18. The molecule has 30 heavy (non-hydrogen) atoms. The van der Waals surface area contributed by atoms with Crippen LogP contribution in [0.5, 0.6) is 5.75 Å². The van der Waals surface area contributed by atoms with Gasteiger partial charge in [-0.25, -0.2) is 0 Å². The van der Waals surface area contributed by atoms with Crippen molar-refractivity contribution in [2.45, 2.75) is 6.61 Å². The second-order valence-electron chi connectivity index (χ2n) is 5.95. The van der Waals surface area contributed by atoms with Gasteiger partial charge in [-0.05, 0) is 47.7 Å². The predicted molar refractivity (Wildman–Crippen MR) is 110 cm³/mol. The van der Waals surface area contributed by atoms with Crippen molar-refractivity contribution in [1.29, 1.82) is 0 Å². The van der Waals surface area contributed by atoms with Gasteiger partial charge in [0.15, 0.2) is 0 Å². The van der Waals surface area contributed by atoms with Crippen LogP contribution in [0.25, 0.3) is 6.08 Å². The fraction of sp³-hybridized carbons (Fsp3) is 0.158. The van der Waals surface area contributed by atoms with E-state index in [0.29, 0.717) is 11.1 Å². The number of aromatic amines is 1. The van der Waals surface area contributed by atoms with Crippen LogP contribution in [0, 0.1) is 4.64 Å². The molecule has 0 unspecified atom stereocenters. The highest BCUT2D eigenvalue weighted by Crippen LogP contribution is 2.32. The Bertz CT molecular complexity index is 1050. The number of nitrogens with zero attached hydrogens (tertiary/aromatic N) is 1. The molecule has 0 atom stereocenters. The molecule has 1 aliphatic heterocycles. The number of hydrogen-bond acceptors (Lipinski definition) is 6. The van der Waals surface area contributed by atoms with Crippen LogP contribution < -0.4 is 10.1 Å². The molecule has 0 aliphatic carbocycles. The maximum absolute atomic E-state index is 12.5. The fourth-order valence-electron chi connectivity index (χ4n) is 2.57. The molecule has 3 rings (SSSR count). The number of alkyl halides is 2. The second kappa shape index (κ2) is 9.63. The number of imide groups is 1. The minimum absolute atomic E-state index is 0.00176. The molecule has 7 nitrogen and oxygen atoms in total. The fourth-order valence-corrected chi connectivity index (χ4v) is 3.66. The highest BCUT2D eigenvalue weighted by Gasteiger charge is 2.34. The summed E-state index contributed by atoms with van der Waals surface area (Å²) in [5.41, 5.74) is 0.842. The average molecular weight is 451 g/mol. The minimum Gasteiger partial charge on any atom is -0.435 e. The van der Waals surface area contributed by atoms with E-state index >= 15 is 0 Å². The van der Waals surface area contributed by atoms with Crippen molar-refractivity contribution in [1.82, 2.24) is 15.2 Å². The van der Waals surface area contributed by atoms with Crippen LogP contribution in [0.1, 0.15) is 15.9 Å². The van der Waals surface area contributed by atoms with Crippen LogP contribution in [0.2, 0.25) is 0 Å². The van der Waals surface area contributed by atoms with Crippen molar-refractivity contribution in [2.24, 2.45) is 0 Å². The quantitative estimate of drug-likeness (QED) is 0.491. The molecule has 0 bridgehead atoms. The number of carbonyl (C=O) groups excluding carboxylic acids is 3. The van der Waals surface area contributed by atoms with Crippen LogP contribution >= 0.6 is 24.0 Å². The van der Waals surface area contributed by atoms with Crippen molar-refractivity contribution >= 4 is 47.1 Å². The number of rotatable bonds is 7. The summed E-state index contributed by atoms with van der Waals surface area (Å²) in [7, 11) is 0. The van der Waals surface area contributed by atoms with Gasteiger partial charge in [0.1, 0.15) is 10.4 Å². The van der Waals surface area contributed by atoms with E-state index in [0.717, 1.165) is 16.7 Å². The summed E-state index contributed by atoms with van der Waals surface area (Å²) in [5.74, 6) is -0.918. The van der Waals surface area contributed by atoms with Gasteiger partial charge in [-0.3, -0.25) is 19.3 Å². The zero-order valence-electron chi connectivity index (χ0n) is 15.3. The van der Waals surface area contributed by atoms with Crippen LogP contribution in [0.15, 0.2) is 47.5 Å². The standard InChI is InChI=1S/C19H15F2N3O4S2/c20-18(21)28-12-5-3-11(4-6-12)10-14-17(26)24(19(27)30-14)9-8-22-15(25)13-2-1-7-23-16(13)29/h1-7,10,18H,8-9H2,(H,22,25)(H,23,29)/b14-10-. The molecular formula is C19H15F2N3O4S2. The number of amides is 3. The Morgan fingerprint density at radius 2 is 2.00 bits per heavy atom. The maximum Gasteiger partial charge on any atom is 0.387 e. The summed E-state index contributed by atoms with van der Waals surface area (Å²) in [4.78, 5) is 40.7. The van der Waals surface area contributed by atoms with E-state index < -0.39 is 23.7 Å². The molecule has 1 aliphatic rings. The average Bonchev–Trinajstić information content (AvgIpc) is 2.96. The first-order valence-electron chi connectivity index (χ1n) is 8.61. The Labute approximate surface area is 179 Å². The topological polar surface area (TPSA) is 91.5 Å². The zero-order valence-corrected chi connectivity index (χ0v) is 16.9. The molecule has 1 aromatic carbocycles. The number of halogens is 2. The number of thioether (sulfide) groups is 1. The van der Waals surface area contributed by atoms with E-state index in [-0.39, 0.29) is 28.4 Å². The molecule has 1 saturated heterocycles. The van der Waals surface area contributed by atoms with Gasteiger partial charge in [0.05, 0.1) is 10.5 Å². The lowest BCUT2D eigenvalue weighted by molar-refractivity contribution is -0.122. The SMILES string of the molecule is O=C(NCCN1C(=O)S/C(=C\c2ccc(OC(F)F)cc2)C1=O)c1ccc[nH]c1=S. The van der Waals surface area contributed by atoms with Gasteiger partial charge in [0.2, 0.25) is 0 Å². The van der Waals surface area contributed by atoms with E-state index in [1.54, 1.807) is 18.3 Å². The summed E-state index contributed by atoms with van der Waals surface area (Å²) in [6, 6.07) is 8.87. The van der Waals surface area contributed by atoms with Crippen LogP contribution in [-0.4, -0.2) is 46.6 Å². The summed E-state index contributed by atoms with van der Waals surface area (Å²) >= 11 is 5.80. The lowest BCUT2D eigenvalue weighted by Gasteiger charge is -2.13. The molecule has 2 heterocycles. The van der Waals surface area contributed by atoms with Crippen molar-refractivity contribution in [3.63, 3.8) is 0 Å². The molecule has 1 aromatic heterocycles. The zero-order chi connectivity index (χ0) is 21.7. The van der Waals surface area contributed by atoms with Crippen molar-refractivity contribution in [3.05, 3.63) is 63.3 Å². The number of aromatic nitrogens is 1. The lowest BCUT2D eigenvalue weighted by atomic mass is 10.2. The number of pyridine rings is 1. The predicted octanol–water partition coefficient (Wildman–Crippen LogP) is 3.81. The maximum atomic E-state index is 12.5. The van der Waals surface area contributed by atoms with Gasteiger partial charge < -0.3 is 15.0 Å². The lowest BCUT2D eigenvalue weighted by Crippen LogP contribution is -2.37. The van der Waals surface area contributed by atoms with Gasteiger partial charge in [0, 0.05) is 19.3 Å². The number of hydrogen-bond donors (Lipinski definition) is 2. The normalized spacial score (nSPS) is 15.2. The number of nitrogens with one attached hydrogen (secondary N) is 2. The first kappa shape index (κ1) is 21.7. The van der Waals surface area contributed by atoms with Gasteiger partial charge in [0.25, 0.3) is 17.1 Å². The molecule has 0 saturated carbocycles. The smallest absolute Gasteiger partial charge is 0.387 e. The van der Waals surface area contributed by atoms with E-state index in [1.807, 2.05) is 0 Å². The molecule has 2 N–H and O–H groups in total. The van der Waals surface area contributed by atoms with E-state index in [2.05, 4.69) is 15.0 Å². The third-order valence-corrected chi connectivity index (χ3v) is 5.21. The van der Waals surface area contributed by atoms with E-state index in [1.165, 1.54) is 30.3 Å². The highest BCUT2D eigenvalue weighted by atomic mass is 32.2. The number of H-pyrrole nitrogens is 1. The Kier molecular flexibility index (Phi) is 6.95. The Balaban J connectivity index is 1.59. The van der Waals surface area contributed by atoms with E-state index in [9.17, 15) is 23.2 Å². The Hall–Kier alpha value is -3.05. The van der Waals surface area contributed by atoms with E-state index in [4.69, 9.17) is 12.2 Å². The summed E-state index contributed by atoms with van der Waals surface area (Å²) in [5, 5.41) is 2.16. The first-order chi connectivity index (χ1) is 14.3. The summed E-state index contributed by atoms with van der Waals surface area (Å²) in [6.45, 7) is -2.86. The Morgan fingerprint density at radius 1 is 1.27 bits per heavy atom. The third-order valence-electron chi connectivity index (χ3n) is 3.96. The summed E-state index contributed by atoms with van der Waals surface area (Å²) < 4.78 is 28.9. The number of benzene rings is 1. The van der Waals surface area contributed by atoms with Gasteiger partial charge in [-0.15, -0.1) is 0 Å². The molecule has 0 radical (unpaired) electrons. The molecular weight excluding hydrogens is 436 g/mol. The molecule has 156 valence electrons. The summed E-state index contributed by atoms with van der Waals surface area (Å²) in [6.07, 6.45) is 3.09. The van der Waals surface area contributed by atoms with Crippen LogP contribution in [0.3, 0.4) is 0 Å². The minimum atomic E-state index is -2.93. The molecule has 0 spiro atoms. The van der Waals surface area contributed by atoms with Gasteiger partial charge >= 0.3 is 6.61 Å². The third kappa shape index (κ3) is 5.30. The van der Waals surface area contributed by atoms with Gasteiger partial charge in [-0.2, -0.15) is 8.78 Å². The van der Waals surface area contributed by atoms with Crippen molar-refractivity contribution in [3.8, 4) is 5.75 Å².